The average Bonchev–Trinajstić information content (AvgIpc) is 3.08. The Morgan fingerprint density at radius 1 is 1.00 bits per heavy atom. The molecule has 0 spiro atoms. The van der Waals surface area contributed by atoms with E-state index in [2.05, 4.69) is 5.32 Å². The first kappa shape index (κ1) is 23.0. The van der Waals surface area contributed by atoms with E-state index < -0.39 is 28.5 Å². The van der Waals surface area contributed by atoms with Crippen molar-refractivity contribution in [2.24, 2.45) is 0 Å². The van der Waals surface area contributed by atoms with Crippen molar-refractivity contribution in [2.45, 2.75) is 43.9 Å². The lowest BCUT2D eigenvalue weighted by Gasteiger charge is -2.20. The molecule has 0 aromatic heterocycles. The van der Waals surface area contributed by atoms with Gasteiger partial charge in [-0.15, -0.1) is 0 Å². The molecular formula is C23H28N2O5S. The van der Waals surface area contributed by atoms with Crippen molar-refractivity contribution < 1.29 is 22.7 Å². The van der Waals surface area contributed by atoms with E-state index in [0.29, 0.717) is 18.8 Å². The minimum absolute atomic E-state index is 0.0599. The molecule has 2 aromatic carbocycles. The van der Waals surface area contributed by atoms with Gasteiger partial charge >= 0.3 is 5.97 Å². The average molecular weight is 445 g/mol. The number of nitrogens with one attached hydrogen (secondary N) is 1. The summed E-state index contributed by atoms with van der Waals surface area (Å²) >= 11 is 0. The number of hydrogen-bond donors (Lipinski definition) is 1. The molecule has 31 heavy (non-hydrogen) atoms. The second kappa shape index (κ2) is 10.5. The van der Waals surface area contributed by atoms with Crippen molar-refractivity contribution in [3.05, 3.63) is 59.7 Å². The Labute approximate surface area is 183 Å². The monoisotopic (exact) mass is 444 g/mol. The Bertz CT molecular complexity index is 1030. The summed E-state index contributed by atoms with van der Waals surface area (Å²) in [5.41, 5.74) is 1.81. The molecular weight excluding hydrogens is 416 g/mol. The van der Waals surface area contributed by atoms with Gasteiger partial charge in [0.2, 0.25) is 10.0 Å². The van der Waals surface area contributed by atoms with Crippen molar-refractivity contribution >= 4 is 27.6 Å². The first-order chi connectivity index (χ1) is 14.9. The molecule has 1 aliphatic heterocycles. The van der Waals surface area contributed by atoms with Crippen LogP contribution < -0.4 is 5.32 Å². The molecule has 7 nitrogen and oxygen atoms in total. The molecule has 1 fully saturated rings. The molecule has 1 aliphatic rings. The number of esters is 1. The maximum absolute atomic E-state index is 12.9. The zero-order valence-electron chi connectivity index (χ0n) is 17.7. The minimum atomic E-state index is -3.67. The quantitative estimate of drug-likeness (QED) is 0.659. The highest BCUT2D eigenvalue weighted by molar-refractivity contribution is 7.89. The number of amides is 1. The number of carbonyl (C=O) groups excluding carboxylic acids is 2. The number of carbonyl (C=O) groups is 2. The summed E-state index contributed by atoms with van der Waals surface area (Å²) in [6.07, 6.45) is 4.54. The van der Waals surface area contributed by atoms with Crippen LogP contribution in [0.1, 0.15) is 48.5 Å². The van der Waals surface area contributed by atoms with Gasteiger partial charge in [-0.1, -0.05) is 38.0 Å². The first-order valence-corrected chi connectivity index (χ1v) is 12.0. The van der Waals surface area contributed by atoms with Gasteiger partial charge in [0.1, 0.15) is 0 Å². The third-order valence-electron chi connectivity index (χ3n) is 5.23. The Morgan fingerprint density at radius 2 is 1.71 bits per heavy atom. The van der Waals surface area contributed by atoms with Crippen molar-refractivity contribution in [1.82, 2.24) is 4.31 Å². The van der Waals surface area contributed by atoms with Crippen LogP contribution in [-0.4, -0.2) is 44.3 Å². The predicted molar refractivity (Wildman–Crippen MR) is 118 cm³/mol. The number of sulfonamides is 1. The molecule has 0 atom stereocenters. The fraction of sp³-hybridized carbons (Fsp3) is 0.391. The Kier molecular flexibility index (Phi) is 7.81. The van der Waals surface area contributed by atoms with Gasteiger partial charge in [-0.2, -0.15) is 4.31 Å². The molecule has 1 amide bonds. The van der Waals surface area contributed by atoms with Gasteiger partial charge < -0.3 is 10.1 Å². The summed E-state index contributed by atoms with van der Waals surface area (Å²) in [5, 5.41) is 2.69. The number of rotatable bonds is 7. The lowest BCUT2D eigenvalue weighted by atomic mass is 10.1. The SMILES string of the molecule is CCc1cccc(NC(=O)COC(=O)c2cccc(S(=O)(=O)N3CCCCCC3)c2)c1. The lowest BCUT2D eigenvalue weighted by Crippen LogP contribution is -2.32. The highest BCUT2D eigenvalue weighted by Crippen LogP contribution is 2.21. The second-order valence-electron chi connectivity index (χ2n) is 7.52. The molecule has 0 aliphatic carbocycles. The van der Waals surface area contributed by atoms with Gasteiger partial charge in [0.15, 0.2) is 6.61 Å². The van der Waals surface area contributed by atoms with Crippen LogP contribution in [-0.2, 0) is 26.0 Å². The smallest absolute Gasteiger partial charge is 0.338 e. The van der Waals surface area contributed by atoms with E-state index in [9.17, 15) is 18.0 Å². The standard InChI is InChI=1S/C23H28N2O5S/c1-2-18-9-7-11-20(15-18)24-22(26)17-30-23(27)19-10-8-12-21(16-19)31(28,29)25-13-5-3-4-6-14-25/h7-12,15-16H,2-6,13-14,17H2,1H3,(H,24,26). The van der Waals surface area contributed by atoms with Gasteiger partial charge in [0.25, 0.3) is 5.91 Å². The van der Waals surface area contributed by atoms with Gasteiger partial charge in [0, 0.05) is 18.8 Å². The highest BCUT2D eigenvalue weighted by atomic mass is 32.2. The lowest BCUT2D eigenvalue weighted by molar-refractivity contribution is -0.119. The van der Waals surface area contributed by atoms with Crippen LogP contribution in [0.15, 0.2) is 53.4 Å². The van der Waals surface area contributed by atoms with Gasteiger partial charge in [-0.25, -0.2) is 13.2 Å². The molecule has 8 heteroatoms. The zero-order chi connectivity index (χ0) is 22.3. The molecule has 2 aromatic rings. The number of nitrogens with zero attached hydrogens (tertiary/aromatic N) is 1. The van der Waals surface area contributed by atoms with Gasteiger partial charge in [-0.05, 0) is 55.2 Å². The van der Waals surface area contributed by atoms with Gasteiger partial charge in [0.05, 0.1) is 10.5 Å². The summed E-state index contributed by atoms with van der Waals surface area (Å²) in [4.78, 5) is 24.6. The van der Waals surface area contributed by atoms with Crippen LogP contribution >= 0.6 is 0 Å². The second-order valence-corrected chi connectivity index (χ2v) is 9.46. The van der Waals surface area contributed by atoms with E-state index in [1.54, 1.807) is 6.07 Å². The maximum Gasteiger partial charge on any atom is 0.338 e. The summed E-state index contributed by atoms with van der Waals surface area (Å²) in [6.45, 7) is 2.52. The summed E-state index contributed by atoms with van der Waals surface area (Å²) in [5.74, 6) is -1.21. The fourth-order valence-corrected chi connectivity index (χ4v) is 5.06. The number of anilines is 1. The Morgan fingerprint density at radius 3 is 2.42 bits per heavy atom. The van der Waals surface area contributed by atoms with Crippen molar-refractivity contribution in [3.63, 3.8) is 0 Å². The van der Waals surface area contributed by atoms with Crippen molar-refractivity contribution in [1.29, 1.82) is 0 Å². The number of benzene rings is 2. The van der Waals surface area contributed by atoms with E-state index in [-0.39, 0.29) is 10.5 Å². The normalized spacial score (nSPS) is 15.1. The van der Waals surface area contributed by atoms with Crippen LogP contribution in [0.2, 0.25) is 0 Å². The molecule has 0 radical (unpaired) electrons. The van der Waals surface area contributed by atoms with Crippen LogP contribution in [0.4, 0.5) is 5.69 Å². The largest absolute Gasteiger partial charge is 0.452 e. The molecule has 166 valence electrons. The highest BCUT2D eigenvalue weighted by Gasteiger charge is 2.26. The van der Waals surface area contributed by atoms with E-state index >= 15 is 0 Å². The molecule has 3 rings (SSSR count). The Hall–Kier alpha value is -2.71. The van der Waals surface area contributed by atoms with E-state index in [1.807, 2.05) is 25.1 Å². The third-order valence-corrected chi connectivity index (χ3v) is 7.12. The van der Waals surface area contributed by atoms with Crippen LogP contribution in [0.3, 0.4) is 0 Å². The third kappa shape index (κ3) is 6.15. The maximum atomic E-state index is 12.9. The first-order valence-electron chi connectivity index (χ1n) is 10.6. The van der Waals surface area contributed by atoms with Crippen LogP contribution in [0, 0.1) is 0 Å². The Balaban J connectivity index is 1.62. The minimum Gasteiger partial charge on any atom is -0.452 e. The molecule has 0 saturated carbocycles. The van der Waals surface area contributed by atoms with E-state index in [1.165, 1.54) is 28.6 Å². The topological polar surface area (TPSA) is 92.8 Å². The molecule has 1 N–H and O–H groups in total. The molecule has 0 unspecified atom stereocenters. The van der Waals surface area contributed by atoms with E-state index in [4.69, 9.17) is 4.74 Å². The van der Waals surface area contributed by atoms with Crippen molar-refractivity contribution in [3.8, 4) is 0 Å². The van der Waals surface area contributed by atoms with E-state index in [0.717, 1.165) is 37.7 Å². The van der Waals surface area contributed by atoms with Crippen LogP contribution in [0.25, 0.3) is 0 Å². The van der Waals surface area contributed by atoms with Gasteiger partial charge in [-0.3, -0.25) is 4.79 Å². The predicted octanol–water partition coefficient (Wildman–Crippen LogP) is 3.61. The van der Waals surface area contributed by atoms with Crippen LogP contribution in [0.5, 0.6) is 0 Å². The fourth-order valence-electron chi connectivity index (χ4n) is 3.50. The number of hydrogen-bond acceptors (Lipinski definition) is 5. The van der Waals surface area contributed by atoms with Crippen molar-refractivity contribution in [2.75, 3.05) is 25.0 Å². The number of ether oxygens (including phenoxy) is 1. The summed E-state index contributed by atoms with van der Waals surface area (Å²) < 4.78 is 32.5. The summed E-state index contributed by atoms with van der Waals surface area (Å²) in [6, 6.07) is 13.2. The molecule has 1 heterocycles. The molecule has 1 saturated heterocycles. The molecule has 0 bridgehead atoms. The number of aryl methyl sites for hydroxylation is 1. The summed E-state index contributed by atoms with van der Waals surface area (Å²) in [7, 11) is -3.67. The zero-order valence-corrected chi connectivity index (χ0v) is 18.5.